The molecule has 3 heteroatoms. The molecular weight excluding hydrogens is 176 g/mol. The molecule has 0 aromatic rings. The summed E-state index contributed by atoms with van der Waals surface area (Å²) in [5.41, 5.74) is 5.73. The van der Waals surface area contributed by atoms with Crippen molar-refractivity contribution in [2.45, 2.75) is 39.2 Å². The highest BCUT2D eigenvalue weighted by Gasteiger charge is 2.18. The minimum atomic E-state index is -0.389. The summed E-state index contributed by atoms with van der Waals surface area (Å²) >= 11 is 0. The quantitative estimate of drug-likeness (QED) is 0.644. The molecule has 0 aliphatic heterocycles. The van der Waals surface area contributed by atoms with E-state index in [2.05, 4.69) is 5.92 Å². The normalized spacial score (nSPS) is 11.9. The van der Waals surface area contributed by atoms with Crippen molar-refractivity contribution in [3.8, 4) is 12.3 Å². The van der Waals surface area contributed by atoms with Gasteiger partial charge >= 0.3 is 0 Å². The molecule has 0 spiro atoms. The maximum atomic E-state index is 11.7. The maximum absolute atomic E-state index is 11.7. The Morgan fingerprint density at radius 3 is 2.57 bits per heavy atom. The summed E-state index contributed by atoms with van der Waals surface area (Å²) in [5, 5.41) is 0. The molecule has 80 valence electrons. The van der Waals surface area contributed by atoms with E-state index in [1.165, 1.54) is 0 Å². The monoisotopic (exact) mass is 196 g/mol. The van der Waals surface area contributed by atoms with Crippen molar-refractivity contribution in [3.63, 3.8) is 0 Å². The van der Waals surface area contributed by atoms with Crippen molar-refractivity contribution < 1.29 is 4.79 Å². The minimum absolute atomic E-state index is 0.0216. The van der Waals surface area contributed by atoms with Crippen LogP contribution in [0.5, 0.6) is 0 Å². The smallest absolute Gasteiger partial charge is 0.240 e. The van der Waals surface area contributed by atoms with E-state index in [0.717, 1.165) is 19.3 Å². The van der Waals surface area contributed by atoms with Crippen LogP contribution >= 0.6 is 0 Å². The summed E-state index contributed by atoms with van der Waals surface area (Å²) in [5.74, 6) is 2.46. The average Bonchev–Trinajstić information content (AvgIpc) is 2.17. The SMILES string of the molecule is C#CCN(CCC)C(=O)C(N)CCC. The zero-order valence-electron chi connectivity index (χ0n) is 9.12. The van der Waals surface area contributed by atoms with E-state index >= 15 is 0 Å². The van der Waals surface area contributed by atoms with E-state index in [-0.39, 0.29) is 11.9 Å². The van der Waals surface area contributed by atoms with Gasteiger partial charge in [0.25, 0.3) is 0 Å². The molecule has 0 aliphatic carbocycles. The standard InChI is InChI=1S/C11H20N2O/c1-4-7-10(12)11(14)13(8-5-2)9-6-3/h2,10H,4,6-9,12H2,1,3H3. The summed E-state index contributed by atoms with van der Waals surface area (Å²) in [6.45, 7) is 5.09. The topological polar surface area (TPSA) is 46.3 Å². The number of rotatable bonds is 6. The summed E-state index contributed by atoms with van der Waals surface area (Å²) in [4.78, 5) is 13.4. The van der Waals surface area contributed by atoms with Crippen LogP contribution in [0.2, 0.25) is 0 Å². The minimum Gasteiger partial charge on any atom is -0.330 e. The fourth-order valence-corrected chi connectivity index (χ4v) is 1.32. The average molecular weight is 196 g/mol. The molecule has 0 heterocycles. The molecule has 1 unspecified atom stereocenters. The molecule has 0 aromatic carbocycles. The van der Waals surface area contributed by atoms with Crippen LogP contribution in [-0.4, -0.2) is 29.9 Å². The molecule has 0 saturated carbocycles. The van der Waals surface area contributed by atoms with E-state index < -0.39 is 0 Å². The number of nitrogens with zero attached hydrogens (tertiary/aromatic N) is 1. The van der Waals surface area contributed by atoms with Gasteiger partial charge in [-0.3, -0.25) is 4.79 Å². The van der Waals surface area contributed by atoms with Crippen molar-refractivity contribution in [1.82, 2.24) is 4.90 Å². The molecule has 3 nitrogen and oxygen atoms in total. The van der Waals surface area contributed by atoms with Crippen LogP contribution < -0.4 is 5.73 Å². The number of hydrogen-bond acceptors (Lipinski definition) is 2. The highest BCUT2D eigenvalue weighted by atomic mass is 16.2. The third kappa shape index (κ3) is 4.29. The van der Waals surface area contributed by atoms with E-state index in [1.807, 2.05) is 13.8 Å². The van der Waals surface area contributed by atoms with Gasteiger partial charge in [-0.25, -0.2) is 0 Å². The van der Waals surface area contributed by atoms with Crippen molar-refractivity contribution in [3.05, 3.63) is 0 Å². The van der Waals surface area contributed by atoms with Gasteiger partial charge in [-0.1, -0.05) is 26.2 Å². The maximum Gasteiger partial charge on any atom is 0.240 e. The fraction of sp³-hybridized carbons (Fsp3) is 0.727. The molecule has 1 atom stereocenters. The Balaban J connectivity index is 4.20. The summed E-state index contributed by atoms with van der Waals surface area (Å²) in [7, 11) is 0. The zero-order valence-corrected chi connectivity index (χ0v) is 9.12. The van der Waals surface area contributed by atoms with Crippen molar-refractivity contribution >= 4 is 5.91 Å². The lowest BCUT2D eigenvalue weighted by molar-refractivity contribution is -0.132. The number of carbonyl (C=O) groups excluding carboxylic acids is 1. The first kappa shape index (κ1) is 13.0. The number of nitrogens with two attached hydrogens (primary N) is 1. The third-order valence-electron chi connectivity index (χ3n) is 2.00. The highest BCUT2D eigenvalue weighted by Crippen LogP contribution is 2.00. The fourth-order valence-electron chi connectivity index (χ4n) is 1.32. The summed E-state index contributed by atoms with van der Waals surface area (Å²) in [6, 6.07) is -0.389. The van der Waals surface area contributed by atoms with Gasteiger partial charge < -0.3 is 10.6 Å². The molecule has 0 aromatic heterocycles. The van der Waals surface area contributed by atoms with Crippen LogP contribution in [-0.2, 0) is 4.79 Å². The van der Waals surface area contributed by atoms with Crippen LogP contribution in [0.15, 0.2) is 0 Å². The van der Waals surface area contributed by atoms with Gasteiger partial charge in [0.2, 0.25) is 5.91 Å². The second-order valence-corrected chi connectivity index (χ2v) is 3.36. The molecule has 2 N–H and O–H groups in total. The molecule has 0 rings (SSSR count). The highest BCUT2D eigenvalue weighted by molar-refractivity contribution is 5.81. The predicted molar refractivity (Wildman–Crippen MR) is 58.6 cm³/mol. The lowest BCUT2D eigenvalue weighted by atomic mass is 10.1. The Hall–Kier alpha value is -1.01. The molecule has 0 bridgehead atoms. The molecule has 0 saturated heterocycles. The van der Waals surface area contributed by atoms with Gasteiger partial charge in [0.05, 0.1) is 12.6 Å². The van der Waals surface area contributed by atoms with E-state index in [4.69, 9.17) is 12.2 Å². The van der Waals surface area contributed by atoms with Crippen LogP contribution in [0.3, 0.4) is 0 Å². The number of hydrogen-bond donors (Lipinski definition) is 1. The van der Waals surface area contributed by atoms with Crippen molar-refractivity contribution in [2.24, 2.45) is 5.73 Å². The van der Waals surface area contributed by atoms with E-state index in [9.17, 15) is 4.79 Å². The Morgan fingerprint density at radius 1 is 1.50 bits per heavy atom. The Labute approximate surface area is 86.6 Å². The third-order valence-corrected chi connectivity index (χ3v) is 2.00. The molecule has 0 radical (unpaired) electrons. The van der Waals surface area contributed by atoms with Gasteiger partial charge in [0.15, 0.2) is 0 Å². The lowest BCUT2D eigenvalue weighted by Gasteiger charge is -2.22. The number of amides is 1. The lowest BCUT2D eigenvalue weighted by Crippen LogP contribution is -2.44. The number of terminal acetylenes is 1. The Bertz CT molecular complexity index is 208. The number of carbonyl (C=O) groups is 1. The van der Waals surface area contributed by atoms with Gasteiger partial charge in [-0.2, -0.15) is 0 Å². The second kappa shape index (κ2) is 7.40. The van der Waals surface area contributed by atoms with Gasteiger partial charge in [-0.15, -0.1) is 6.42 Å². The van der Waals surface area contributed by atoms with Crippen LogP contribution in [0, 0.1) is 12.3 Å². The molecule has 0 aliphatic rings. The summed E-state index contributed by atoms with van der Waals surface area (Å²) < 4.78 is 0. The van der Waals surface area contributed by atoms with Gasteiger partial charge in [0.1, 0.15) is 0 Å². The Morgan fingerprint density at radius 2 is 2.14 bits per heavy atom. The first-order valence-electron chi connectivity index (χ1n) is 5.15. The zero-order chi connectivity index (χ0) is 11.0. The molecule has 14 heavy (non-hydrogen) atoms. The largest absolute Gasteiger partial charge is 0.330 e. The molecule has 0 fully saturated rings. The van der Waals surface area contributed by atoms with Crippen LogP contribution in [0.25, 0.3) is 0 Å². The molecule has 1 amide bonds. The van der Waals surface area contributed by atoms with Crippen LogP contribution in [0.4, 0.5) is 0 Å². The van der Waals surface area contributed by atoms with Gasteiger partial charge in [-0.05, 0) is 12.8 Å². The van der Waals surface area contributed by atoms with Crippen LogP contribution in [0.1, 0.15) is 33.1 Å². The first-order chi connectivity index (χ1) is 6.67. The molecular formula is C11H20N2O. The van der Waals surface area contributed by atoms with Crippen molar-refractivity contribution in [1.29, 1.82) is 0 Å². The Kier molecular flexibility index (Phi) is 6.87. The van der Waals surface area contributed by atoms with E-state index in [0.29, 0.717) is 13.1 Å². The summed E-state index contributed by atoms with van der Waals surface area (Å²) in [6.07, 6.45) is 7.74. The van der Waals surface area contributed by atoms with Crippen molar-refractivity contribution in [2.75, 3.05) is 13.1 Å². The second-order valence-electron chi connectivity index (χ2n) is 3.36. The predicted octanol–water partition coefficient (Wildman–Crippen LogP) is 0.986. The van der Waals surface area contributed by atoms with E-state index in [1.54, 1.807) is 4.90 Å². The van der Waals surface area contributed by atoms with Gasteiger partial charge in [0, 0.05) is 6.54 Å². The first-order valence-corrected chi connectivity index (χ1v) is 5.15.